The first-order chi connectivity index (χ1) is 17.8. The van der Waals surface area contributed by atoms with E-state index in [4.69, 9.17) is 4.74 Å². The van der Waals surface area contributed by atoms with Crippen molar-refractivity contribution < 1.29 is 29.8 Å². The van der Waals surface area contributed by atoms with Crippen molar-refractivity contribution in [3.05, 3.63) is 88.3 Å². The molecule has 0 saturated heterocycles. The molecule has 4 rings (SSSR count). The Labute approximate surface area is 211 Å². The van der Waals surface area contributed by atoms with E-state index in [1.165, 1.54) is 6.07 Å². The largest absolute Gasteiger partial charge is 0.769 e. The Bertz CT molecular complexity index is 1240. The Balaban J connectivity index is 1.35. The number of fused-ring (bicyclic) bond motifs is 3. The molecule has 0 bridgehead atoms. The highest BCUT2D eigenvalue weighted by molar-refractivity contribution is 5.81. The zero-order valence-corrected chi connectivity index (χ0v) is 19.4. The van der Waals surface area contributed by atoms with Gasteiger partial charge in [0.15, 0.2) is 0 Å². The number of amides is 1. The molecule has 1 aliphatic rings. The summed E-state index contributed by atoms with van der Waals surface area (Å²) in [6.07, 6.45) is -0.977. The van der Waals surface area contributed by atoms with Crippen LogP contribution in [0.3, 0.4) is 0 Å². The molecule has 0 unspecified atom stereocenters. The molecule has 194 valence electrons. The number of nitrogens with zero attached hydrogens (tertiary/aromatic N) is 2. The molecular weight excluding hydrogens is 484 g/mol. The topological polar surface area (TPSA) is 181 Å². The summed E-state index contributed by atoms with van der Waals surface area (Å²) in [4.78, 5) is 24.2. The fourth-order valence-corrected chi connectivity index (χ4v) is 4.34. The number of benzene rings is 3. The van der Waals surface area contributed by atoms with Crippen LogP contribution in [0.5, 0.6) is 0 Å². The minimum atomic E-state index is -1.30. The molecule has 0 aliphatic heterocycles. The Morgan fingerprint density at radius 1 is 0.973 bits per heavy atom. The van der Waals surface area contributed by atoms with Crippen molar-refractivity contribution in [1.29, 1.82) is 0 Å². The number of alkyl carbamates (subject to hydrolysis) is 1. The van der Waals surface area contributed by atoms with E-state index in [1.54, 1.807) is 0 Å². The van der Waals surface area contributed by atoms with Gasteiger partial charge in [0.2, 0.25) is 0 Å². The summed E-state index contributed by atoms with van der Waals surface area (Å²) in [5, 5.41) is 54.2. The zero-order chi connectivity index (χ0) is 26.5. The quantitative estimate of drug-likeness (QED) is 0.251. The highest BCUT2D eigenvalue weighted by atomic mass is 16.8. The summed E-state index contributed by atoms with van der Waals surface area (Å²) in [6, 6.07) is 17.7. The number of nitrogens with one attached hydrogen (secondary N) is 2. The van der Waals surface area contributed by atoms with Crippen LogP contribution in [0.4, 0.5) is 21.9 Å². The third-order valence-electron chi connectivity index (χ3n) is 6.09. The summed E-state index contributed by atoms with van der Waals surface area (Å²) < 4.78 is 5.40. The minimum absolute atomic E-state index is 0.0146. The molecule has 3 aromatic carbocycles. The lowest BCUT2D eigenvalue weighted by atomic mass is 9.98. The van der Waals surface area contributed by atoms with Crippen molar-refractivity contribution in [3.8, 4) is 11.1 Å². The van der Waals surface area contributed by atoms with Crippen molar-refractivity contribution in [2.24, 2.45) is 0 Å². The highest BCUT2D eigenvalue weighted by Gasteiger charge is 2.29. The number of carbonyl (C=O) groups excluding carboxylic acids is 1. The lowest BCUT2D eigenvalue weighted by Gasteiger charge is -2.38. The molecule has 37 heavy (non-hydrogen) atoms. The van der Waals surface area contributed by atoms with Gasteiger partial charge in [-0.3, -0.25) is 10.4 Å². The second kappa shape index (κ2) is 11.1. The van der Waals surface area contributed by atoms with Gasteiger partial charge >= 0.3 is 12.1 Å². The number of carbonyl (C=O) groups is 2. The van der Waals surface area contributed by atoms with Gasteiger partial charge in [-0.25, -0.2) is 9.59 Å². The average molecular weight is 508 g/mol. The Morgan fingerprint density at radius 2 is 1.59 bits per heavy atom. The van der Waals surface area contributed by atoms with Gasteiger partial charge in [0.25, 0.3) is 0 Å². The molecule has 0 saturated carbocycles. The van der Waals surface area contributed by atoms with Crippen molar-refractivity contribution >= 4 is 29.1 Å². The van der Waals surface area contributed by atoms with Gasteiger partial charge in [0.05, 0.1) is 5.69 Å². The SMILES string of the molecule is O=C(N[C@@H](CCNc1ccc(N([O-])[O-])cc1N(O)O)C(=O)O)OCC1c2ccccc2-c2ccccc21. The van der Waals surface area contributed by atoms with Crippen LogP contribution in [-0.2, 0) is 9.53 Å². The summed E-state index contributed by atoms with van der Waals surface area (Å²) in [7, 11) is 0. The molecule has 12 nitrogen and oxygen atoms in total. The van der Waals surface area contributed by atoms with Gasteiger partial charge in [-0.05, 0) is 46.9 Å². The Hall–Kier alpha value is -4.36. The predicted octanol–water partition coefficient (Wildman–Crippen LogP) is 3.87. The van der Waals surface area contributed by atoms with E-state index in [9.17, 15) is 35.5 Å². The molecule has 0 heterocycles. The summed E-state index contributed by atoms with van der Waals surface area (Å²) in [6.45, 7) is 0.0126. The number of hydrogen-bond donors (Lipinski definition) is 5. The van der Waals surface area contributed by atoms with E-state index >= 15 is 0 Å². The van der Waals surface area contributed by atoms with Gasteiger partial charge in [-0.2, -0.15) is 0 Å². The summed E-state index contributed by atoms with van der Waals surface area (Å²) in [5.41, 5.74) is 3.63. The molecule has 3 aromatic rings. The maximum absolute atomic E-state index is 12.5. The molecule has 1 aliphatic carbocycles. The van der Waals surface area contributed by atoms with Gasteiger partial charge in [-0.15, -0.1) is 5.23 Å². The minimum Gasteiger partial charge on any atom is -0.769 e. The van der Waals surface area contributed by atoms with Crippen LogP contribution in [0.25, 0.3) is 11.1 Å². The summed E-state index contributed by atoms with van der Waals surface area (Å²) >= 11 is 0. The van der Waals surface area contributed by atoms with E-state index in [1.807, 2.05) is 48.5 Å². The molecule has 5 N–H and O–H groups in total. The number of carboxylic acid groups (broad SMARTS) is 1. The van der Waals surface area contributed by atoms with Crippen molar-refractivity contribution in [1.82, 2.24) is 5.32 Å². The number of anilines is 3. The lowest BCUT2D eigenvalue weighted by Crippen LogP contribution is -2.42. The maximum atomic E-state index is 12.5. The predicted molar refractivity (Wildman–Crippen MR) is 134 cm³/mol. The van der Waals surface area contributed by atoms with E-state index in [-0.39, 0.29) is 47.8 Å². The number of carboxylic acids is 1. The fraction of sp³-hybridized carbons (Fsp3) is 0.200. The highest BCUT2D eigenvalue weighted by Crippen LogP contribution is 2.44. The molecule has 0 spiro atoms. The van der Waals surface area contributed by atoms with Crippen LogP contribution in [0.15, 0.2) is 66.7 Å². The van der Waals surface area contributed by atoms with Crippen LogP contribution in [0, 0.1) is 10.4 Å². The van der Waals surface area contributed by atoms with Crippen LogP contribution >= 0.6 is 0 Å². The smallest absolute Gasteiger partial charge is 0.407 e. The molecule has 0 aromatic heterocycles. The van der Waals surface area contributed by atoms with Crippen molar-refractivity contribution in [2.75, 3.05) is 28.9 Å². The van der Waals surface area contributed by atoms with Gasteiger partial charge in [0.1, 0.15) is 18.3 Å². The fourth-order valence-electron chi connectivity index (χ4n) is 4.34. The Kier molecular flexibility index (Phi) is 7.74. The van der Waals surface area contributed by atoms with E-state index in [0.29, 0.717) is 0 Å². The van der Waals surface area contributed by atoms with Crippen LogP contribution in [0.2, 0.25) is 0 Å². The maximum Gasteiger partial charge on any atom is 0.407 e. The van der Waals surface area contributed by atoms with Crippen molar-refractivity contribution in [3.63, 3.8) is 0 Å². The molecule has 0 radical (unpaired) electrons. The number of aliphatic carboxylic acids is 1. The average Bonchev–Trinajstić information content (AvgIpc) is 3.20. The number of rotatable bonds is 10. The number of hydrogen-bond acceptors (Lipinski definition) is 10. The molecule has 12 heteroatoms. The Morgan fingerprint density at radius 3 is 2.16 bits per heavy atom. The summed E-state index contributed by atoms with van der Waals surface area (Å²) in [5.74, 6) is -1.46. The molecule has 0 fully saturated rings. The van der Waals surface area contributed by atoms with Gasteiger partial charge < -0.3 is 36.1 Å². The van der Waals surface area contributed by atoms with Crippen LogP contribution < -0.4 is 21.1 Å². The van der Waals surface area contributed by atoms with E-state index in [2.05, 4.69) is 10.6 Å². The normalized spacial score (nSPS) is 12.8. The van der Waals surface area contributed by atoms with Crippen LogP contribution in [-0.4, -0.2) is 46.8 Å². The first kappa shape index (κ1) is 25.7. The first-order valence-corrected chi connectivity index (χ1v) is 11.3. The number of ether oxygens (including phenoxy) is 1. The third-order valence-corrected chi connectivity index (χ3v) is 6.09. The lowest BCUT2D eigenvalue weighted by molar-refractivity contribution is -0.139. The van der Waals surface area contributed by atoms with Crippen LogP contribution in [0.1, 0.15) is 23.5 Å². The third kappa shape index (κ3) is 5.73. The monoisotopic (exact) mass is 508 g/mol. The first-order valence-electron chi connectivity index (χ1n) is 11.3. The van der Waals surface area contributed by atoms with E-state index < -0.39 is 23.3 Å². The second-order valence-electron chi connectivity index (χ2n) is 8.32. The van der Waals surface area contributed by atoms with Crippen molar-refractivity contribution in [2.45, 2.75) is 18.4 Å². The standard InChI is InChI=1S/C25H24N4O8/c30-24(31)22(11-12-26-21-10-9-15(28(33)34)13-23(21)29(35)36)27-25(32)37-14-20-18-7-3-1-5-16(18)17-6-2-4-8-19(17)20/h1-10,13,20,22,26,35-36H,11-12,14H2,(H,27,32)(H,30,31)/q-2/t22-/m0/s1. The van der Waals surface area contributed by atoms with Gasteiger partial charge in [0, 0.05) is 18.2 Å². The van der Waals surface area contributed by atoms with Gasteiger partial charge in [-0.1, -0.05) is 48.5 Å². The molecule has 1 amide bonds. The second-order valence-corrected chi connectivity index (χ2v) is 8.32. The molecule has 1 atom stereocenters. The zero-order valence-electron chi connectivity index (χ0n) is 19.4. The van der Waals surface area contributed by atoms with E-state index in [0.717, 1.165) is 34.4 Å². The molecular formula is C25H24N4O8-2.